The second kappa shape index (κ2) is 7.06. The Balaban J connectivity index is 1.76. The third-order valence-corrected chi connectivity index (χ3v) is 5.27. The number of ether oxygens (including phenoxy) is 1. The number of anilines is 1. The van der Waals surface area contributed by atoms with E-state index in [4.69, 9.17) is 4.74 Å². The van der Waals surface area contributed by atoms with Crippen LogP contribution < -0.4 is 10.1 Å². The predicted molar refractivity (Wildman–Crippen MR) is 101 cm³/mol. The van der Waals surface area contributed by atoms with Gasteiger partial charge in [-0.2, -0.15) is 0 Å². The lowest BCUT2D eigenvalue weighted by Crippen LogP contribution is -2.11. The number of methoxy groups -OCH3 is 1. The number of thiazole rings is 1. The molecule has 4 rings (SSSR count). The zero-order valence-corrected chi connectivity index (χ0v) is 15.3. The standard InChI is InChI=1S/C17H13N5O2S2/c1-24-12-6-4-11(5-7-12)13-14(15(23)20-16-21-18-10-25-16)26-17(19-13)22-8-2-3-9-22/h2-10H,1H3,(H,20,21,23). The van der Waals surface area contributed by atoms with Gasteiger partial charge in [0.2, 0.25) is 5.13 Å². The van der Waals surface area contributed by atoms with Crippen molar-refractivity contribution in [2.45, 2.75) is 0 Å². The van der Waals surface area contributed by atoms with Gasteiger partial charge in [-0.1, -0.05) is 22.7 Å². The number of hydrogen-bond acceptors (Lipinski definition) is 7. The Kier molecular flexibility index (Phi) is 4.46. The molecule has 7 nitrogen and oxygen atoms in total. The van der Waals surface area contributed by atoms with E-state index >= 15 is 0 Å². The van der Waals surface area contributed by atoms with Crippen molar-refractivity contribution in [2.75, 3.05) is 12.4 Å². The van der Waals surface area contributed by atoms with Gasteiger partial charge in [-0.25, -0.2) is 4.98 Å². The van der Waals surface area contributed by atoms with Crippen LogP contribution in [0.2, 0.25) is 0 Å². The van der Waals surface area contributed by atoms with Crippen LogP contribution in [0.1, 0.15) is 9.67 Å². The van der Waals surface area contributed by atoms with Crippen LogP contribution in [0.3, 0.4) is 0 Å². The normalized spacial score (nSPS) is 10.7. The van der Waals surface area contributed by atoms with Gasteiger partial charge in [0.1, 0.15) is 16.1 Å². The van der Waals surface area contributed by atoms with Gasteiger partial charge in [0.05, 0.1) is 12.8 Å². The lowest BCUT2D eigenvalue weighted by atomic mass is 10.1. The lowest BCUT2D eigenvalue weighted by Gasteiger charge is -2.04. The van der Waals surface area contributed by atoms with Crippen LogP contribution in [-0.4, -0.2) is 32.8 Å². The van der Waals surface area contributed by atoms with Gasteiger partial charge in [-0.05, 0) is 36.4 Å². The highest BCUT2D eigenvalue weighted by Gasteiger charge is 2.21. The highest BCUT2D eigenvalue weighted by Crippen LogP contribution is 2.32. The number of nitrogens with zero attached hydrogens (tertiary/aromatic N) is 4. The van der Waals surface area contributed by atoms with Gasteiger partial charge in [-0.3, -0.25) is 10.1 Å². The van der Waals surface area contributed by atoms with E-state index in [2.05, 4.69) is 20.5 Å². The molecule has 0 spiro atoms. The molecule has 0 aliphatic heterocycles. The predicted octanol–water partition coefficient (Wildman–Crippen LogP) is 3.71. The molecule has 0 fully saturated rings. The molecule has 0 unspecified atom stereocenters. The zero-order valence-electron chi connectivity index (χ0n) is 13.6. The fourth-order valence-electron chi connectivity index (χ4n) is 2.36. The Morgan fingerprint density at radius 2 is 1.96 bits per heavy atom. The molecule has 3 aromatic heterocycles. The average Bonchev–Trinajstić information content (AvgIpc) is 3.42. The largest absolute Gasteiger partial charge is 0.497 e. The van der Waals surface area contributed by atoms with Gasteiger partial charge < -0.3 is 9.30 Å². The van der Waals surface area contributed by atoms with Crippen molar-refractivity contribution < 1.29 is 9.53 Å². The van der Waals surface area contributed by atoms with E-state index in [9.17, 15) is 4.79 Å². The summed E-state index contributed by atoms with van der Waals surface area (Å²) in [6.45, 7) is 0. The van der Waals surface area contributed by atoms with Crippen molar-refractivity contribution in [1.29, 1.82) is 0 Å². The Morgan fingerprint density at radius 3 is 2.62 bits per heavy atom. The van der Waals surface area contributed by atoms with Crippen molar-refractivity contribution in [3.05, 3.63) is 59.2 Å². The van der Waals surface area contributed by atoms with E-state index in [1.807, 2.05) is 53.4 Å². The monoisotopic (exact) mass is 383 g/mol. The van der Waals surface area contributed by atoms with Crippen LogP contribution in [0, 0.1) is 0 Å². The molecule has 26 heavy (non-hydrogen) atoms. The first-order valence-electron chi connectivity index (χ1n) is 7.60. The van der Waals surface area contributed by atoms with Gasteiger partial charge in [0, 0.05) is 18.0 Å². The van der Waals surface area contributed by atoms with Gasteiger partial charge in [0.15, 0.2) is 5.13 Å². The number of nitrogens with one attached hydrogen (secondary N) is 1. The van der Waals surface area contributed by atoms with E-state index in [0.717, 1.165) is 11.3 Å². The van der Waals surface area contributed by atoms with Crippen LogP contribution >= 0.6 is 22.7 Å². The SMILES string of the molecule is COc1ccc(-c2nc(-n3cccc3)sc2C(=O)Nc2nncs2)cc1. The van der Waals surface area contributed by atoms with Crippen molar-refractivity contribution in [1.82, 2.24) is 19.7 Å². The molecule has 0 saturated carbocycles. The van der Waals surface area contributed by atoms with Crippen molar-refractivity contribution >= 4 is 33.7 Å². The Morgan fingerprint density at radius 1 is 1.19 bits per heavy atom. The fourth-order valence-corrected chi connectivity index (χ4v) is 3.75. The van der Waals surface area contributed by atoms with E-state index < -0.39 is 0 Å². The highest BCUT2D eigenvalue weighted by atomic mass is 32.1. The maximum absolute atomic E-state index is 12.8. The quantitative estimate of drug-likeness (QED) is 0.568. The molecule has 0 aliphatic carbocycles. The van der Waals surface area contributed by atoms with Gasteiger partial charge in [-0.15, -0.1) is 10.2 Å². The molecule has 0 atom stereocenters. The number of benzene rings is 1. The summed E-state index contributed by atoms with van der Waals surface area (Å²) in [5.41, 5.74) is 3.02. The molecule has 0 bridgehead atoms. The van der Waals surface area contributed by atoms with Crippen molar-refractivity contribution in [3.8, 4) is 22.1 Å². The van der Waals surface area contributed by atoms with E-state index in [0.29, 0.717) is 20.8 Å². The number of carbonyl (C=O) groups is 1. The summed E-state index contributed by atoms with van der Waals surface area (Å²) in [7, 11) is 1.61. The molecule has 1 amide bonds. The summed E-state index contributed by atoms with van der Waals surface area (Å²) in [4.78, 5) is 18.0. The average molecular weight is 383 g/mol. The molecule has 0 aliphatic rings. The van der Waals surface area contributed by atoms with Crippen molar-refractivity contribution in [3.63, 3.8) is 0 Å². The molecule has 0 radical (unpaired) electrons. The number of carbonyl (C=O) groups excluding carboxylic acids is 1. The maximum Gasteiger partial charge on any atom is 0.269 e. The second-order valence-electron chi connectivity index (χ2n) is 5.19. The van der Waals surface area contributed by atoms with Crippen molar-refractivity contribution in [2.24, 2.45) is 0 Å². The first-order chi connectivity index (χ1) is 12.7. The topological polar surface area (TPSA) is 81.9 Å². The smallest absolute Gasteiger partial charge is 0.269 e. The van der Waals surface area contributed by atoms with E-state index in [-0.39, 0.29) is 5.91 Å². The van der Waals surface area contributed by atoms with Gasteiger partial charge in [0.25, 0.3) is 5.91 Å². The first kappa shape index (κ1) is 16.4. The minimum Gasteiger partial charge on any atom is -0.497 e. The molecular formula is C17H13N5O2S2. The maximum atomic E-state index is 12.8. The number of amides is 1. The first-order valence-corrected chi connectivity index (χ1v) is 9.30. The minimum absolute atomic E-state index is 0.261. The molecule has 1 N–H and O–H groups in total. The second-order valence-corrected chi connectivity index (χ2v) is 7.00. The summed E-state index contributed by atoms with van der Waals surface area (Å²) in [6.07, 6.45) is 3.78. The minimum atomic E-state index is -0.261. The molecule has 9 heteroatoms. The molecule has 4 aromatic rings. The molecule has 130 valence electrons. The third-order valence-electron chi connectivity index (χ3n) is 3.59. The summed E-state index contributed by atoms with van der Waals surface area (Å²) >= 11 is 2.58. The molecular weight excluding hydrogens is 370 g/mol. The van der Waals surface area contributed by atoms with Crippen LogP contribution in [0.25, 0.3) is 16.4 Å². The molecule has 0 saturated heterocycles. The van der Waals surface area contributed by atoms with Crippen LogP contribution in [-0.2, 0) is 0 Å². The zero-order chi connectivity index (χ0) is 17.9. The summed E-state index contributed by atoms with van der Waals surface area (Å²) in [5, 5.41) is 11.5. The Hall–Kier alpha value is -3.04. The summed E-state index contributed by atoms with van der Waals surface area (Å²) in [5.74, 6) is 0.484. The van der Waals surface area contributed by atoms with Crippen LogP contribution in [0.15, 0.2) is 54.3 Å². The van der Waals surface area contributed by atoms with Crippen LogP contribution in [0.5, 0.6) is 5.75 Å². The number of rotatable bonds is 5. The number of aromatic nitrogens is 4. The molecule has 3 heterocycles. The van der Waals surface area contributed by atoms with Crippen LogP contribution in [0.4, 0.5) is 5.13 Å². The Labute approximate surface area is 156 Å². The third kappa shape index (κ3) is 3.22. The van der Waals surface area contributed by atoms with E-state index in [1.165, 1.54) is 22.7 Å². The van der Waals surface area contributed by atoms with E-state index in [1.54, 1.807) is 12.6 Å². The lowest BCUT2D eigenvalue weighted by molar-refractivity contribution is 0.103. The highest BCUT2D eigenvalue weighted by molar-refractivity contribution is 7.17. The molecule has 1 aromatic carbocycles. The summed E-state index contributed by atoms with van der Waals surface area (Å²) < 4.78 is 7.08. The van der Waals surface area contributed by atoms with Gasteiger partial charge >= 0.3 is 0 Å². The summed E-state index contributed by atoms with van der Waals surface area (Å²) in [6, 6.07) is 11.3. The Bertz CT molecular complexity index is 1010. The fraction of sp³-hybridized carbons (Fsp3) is 0.0588. The number of hydrogen-bond donors (Lipinski definition) is 1.